The number of rotatable bonds is 14. The normalized spacial score (nSPS) is 9.80. The maximum Gasteiger partial charge on any atom is 0.306 e. The van der Waals surface area contributed by atoms with Crippen molar-refractivity contribution in [3.63, 3.8) is 0 Å². The van der Waals surface area contributed by atoms with Gasteiger partial charge in [0.25, 0.3) is 0 Å². The summed E-state index contributed by atoms with van der Waals surface area (Å²) in [6, 6.07) is 0. The maximum atomic E-state index is 10.6. The van der Waals surface area contributed by atoms with Gasteiger partial charge in [-0.2, -0.15) is 0 Å². The summed E-state index contributed by atoms with van der Waals surface area (Å²) in [7, 11) is 5.25. The lowest BCUT2D eigenvalue weighted by molar-refractivity contribution is -0.147. The molecule has 40 heavy (non-hydrogen) atoms. The minimum atomic E-state index is -1.12. The highest BCUT2D eigenvalue weighted by atomic mass is 16.5. The molecule has 15 heteroatoms. The van der Waals surface area contributed by atoms with E-state index in [-0.39, 0.29) is 49.8 Å². The molecule has 0 aliphatic rings. The van der Waals surface area contributed by atoms with Crippen molar-refractivity contribution in [1.82, 2.24) is 0 Å². The third-order valence-electron chi connectivity index (χ3n) is 4.24. The number of aliphatic carboxylic acids is 2. The van der Waals surface area contributed by atoms with E-state index in [2.05, 4.69) is 18.9 Å². The van der Waals surface area contributed by atoms with E-state index in [4.69, 9.17) is 25.5 Å². The molecule has 0 amide bonds. The van der Waals surface area contributed by atoms with Gasteiger partial charge in [-0.15, -0.1) is 0 Å². The number of aliphatic hydroxyl groups excluding tert-OH is 3. The van der Waals surface area contributed by atoms with Crippen molar-refractivity contribution in [2.75, 3.05) is 35.0 Å². The molecule has 5 N–H and O–H groups in total. The molecule has 0 saturated heterocycles. The minimum Gasteiger partial charge on any atom is -0.510 e. The number of carbonyl (C=O) groups excluding carboxylic acids is 4. The van der Waals surface area contributed by atoms with Crippen molar-refractivity contribution in [3.05, 3.63) is 11.3 Å². The molecule has 0 bridgehead atoms. The summed E-state index contributed by atoms with van der Waals surface area (Å²) in [5.41, 5.74) is 0.622. The van der Waals surface area contributed by atoms with Crippen LogP contribution in [0.2, 0.25) is 0 Å². The fourth-order valence-corrected chi connectivity index (χ4v) is 1.96. The zero-order chi connectivity index (χ0) is 32.1. The largest absolute Gasteiger partial charge is 0.510 e. The number of methoxy groups -OCH3 is 4. The van der Waals surface area contributed by atoms with E-state index in [9.17, 15) is 28.8 Å². The summed E-state index contributed by atoms with van der Waals surface area (Å²) in [5, 5.41) is 42.0. The van der Waals surface area contributed by atoms with E-state index in [1.54, 1.807) is 13.8 Å². The molecule has 0 heterocycles. The Labute approximate surface area is 233 Å². The summed E-state index contributed by atoms with van der Waals surface area (Å²) in [6.07, 6.45) is 1.22. The first-order valence-electron chi connectivity index (χ1n) is 12.0. The molecule has 0 aromatic rings. The molecule has 0 aromatic carbocycles. The summed E-state index contributed by atoms with van der Waals surface area (Å²) in [4.78, 5) is 61.6. The number of hydrogen-bond acceptors (Lipinski definition) is 13. The van der Waals surface area contributed by atoms with Gasteiger partial charge in [0.2, 0.25) is 0 Å². The Kier molecular flexibility index (Phi) is 32.3. The first kappa shape index (κ1) is 43.3. The highest BCUT2D eigenvalue weighted by Gasteiger charge is 2.08. The predicted octanol–water partition coefficient (Wildman–Crippen LogP) is 1.52. The van der Waals surface area contributed by atoms with Crippen molar-refractivity contribution in [2.45, 2.75) is 77.7 Å². The smallest absolute Gasteiger partial charge is 0.306 e. The third kappa shape index (κ3) is 36.4. The molecule has 234 valence electrons. The van der Waals surface area contributed by atoms with Crippen LogP contribution in [0.1, 0.15) is 71.6 Å². The zero-order valence-electron chi connectivity index (χ0n) is 24.0. The second kappa shape index (κ2) is 29.8. The lowest BCUT2D eigenvalue weighted by Gasteiger charge is -2.06. The number of carboxylic acid groups (broad SMARTS) is 2. The topological polar surface area (TPSA) is 240 Å². The molecule has 0 radical (unpaired) electrons. The van der Waals surface area contributed by atoms with Gasteiger partial charge in [0.05, 0.1) is 47.9 Å². The van der Waals surface area contributed by atoms with Gasteiger partial charge < -0.3 is 44.5 Å². The van der Waals surface area contributed by atoms with Gasteiger partial charge in [0, 0.05) is 25.7 Å². The van der Waals surface area contributed by atoms with Gasteiger partial charge in [-0.05, 0) is 38.7 Å². The summed E-state index contributed by atoms with van der Waals surface area (Å²) < 4.78 is 17.5. The van der Waals surface area contributed by atoms with Crippen molar-refractivity contribution >= 4 is 35.8 Å². The molecule has 0 spiro atoms. The van der Waals surface area contributed by atoms with Gasteiger partial charge in [-0.1, -0.05) is 0 Å². The zero-order valence-corrected chi connectivity index (χ0v) is 24.0. The van der Waals surface area contributed by atoms with E-state index in [0.29, 0.717) is 31.3 Å². The van der Waals surface area contributed by atoms with Crippen LogP contribution in [0.4, 0.5) is 0 Å². The summed E-state index contributed by atoms with van der Waals surface area (Å²) >= 11 is 0. The molecule has 0 aromatic heterocycles. The average Bonchev–Trinajstić information content (AvgIpc) is 2.92. The van der Waals surface area contributed by atoms with Crippen LogP contribution in [0.15, 0.2) is 11.3 Å². The SMILES string of the molecule is CC(C)=C(O)C(O)CO.COC(=O)CCC(=O)OC.COC(=O)CCCCC(=O)OC.O=C(O)CCCC(=O)O. The van der Waals surface area contributed by atoms with Crippen LogP contribution < -0.4 is 0 Å². The highest BCUT2D eigenvalue weighted by Crippen LogP contribution is 2.03. The van der Waals surface area contributed by atoms with Crippen molar-refractivity contribution in [3.8, 4) is 0 Å². The van der Waals surface area contributed by atoms with Crippen LogP contribution in [0, 0.1) is 0 Å². The number of allylic oxidation sites excluding steroid dienone is 1. The molecular formula is C25H44O15. The molecule has 1 unspecified atom stereocenters. The number of hydrogen-bond donors (Lipinski definition) is 5. The van der Waals surface area contributed by atoms with Gasteiger partial charge in [-0.3, -0.25) is 28.8 Å². The number of esters is 4. The Morgan fingerprint density at radius 3 is 1.05 bits per heavy atom. The van der Waals surface area contributed by atoms with Crippen LogP contribution in [0.25, 0.3) is 0 Å². The summed E-state index contributed by atoms with van der Waals surface area (Å²) in [5.74, 6) is -3.31. The van der Waals surface area contributed by atoms with E-state index < -0.39 is 36.6 Å². The Morgan fingerprint density at radius 2 is 0.850 bits per heavy atom. The van der Waals surface area contributed by atoms with Gasteiger partial charge in [0.15, 0.2) is 0 Å². The average molecular weight is 585 g/mol. The number of ether oxygens (including phenoxy) is 4. The third-order valence-corrected chi connectivity index (χ3v) is 4.24. The van der Waals surface area contributed by atoms with Crippen LogP contribution in [-0.4, -0.2) is 102 Å². The van der Waals surface area contributed by atoms with Crippen LogP contribution >= 0.6 is 0 Å². The molecule has 15 nitrogen and oxygen atoms in total. The van der Waals surface area contributed by atoms with Gasteiger partial charge in [-0.25, -0.2) is 0 Å². The van der Waals surface area contributed by atoms with E-state index in [0.717, 1.165) is 0 Å². The van der Waals surface area contributed by atoms with E-state index >= 15 is 0 Å². The maximum absolute atomic E-state index is 10.6. The van der Waals surface area contributed by atoms with Gasteiger partial charge >= 0.3 is 35.8 Å². The number of unbranched alkanes of at least 4 members (excludes halogenated alkanes) is 1. The number of carboxylic acids is 2. The number of aliphatic hydroxyl groups is 3. The van der Waals surface area contributed by atoms with Crippen LogP contribution in [0.3, 0.4) is 0 Å². The van der Waals surface area contributed by atoms with Crippen molar-refractivity contribution in [1.29, 1.82) is 0 Å². The quantitative estimate of drug-likeness (QED) is 0.0841. The first-order chi connectivity index (χ1) is 18.6. The molecule has 1 atom stereocenters. The summed E-state index contributed by atoms with van der Waals surface area (Å²) in [6.45, 7) is 2.89. The highest BCUT2D eigenvalue weighted by molar-refractivity contribution is 5.77. The molecule has 0 aliphatic carbocycles. The standard InChI is InChI=1S/C8H14O4.C6H10O4.C6H12O3.C5H8O4/c1-11-7(9)5-3-4-6-8(10)12-2;1-9-5(7)3-4-6(8)10-2;1-4(2)6(9)5(8)3-7;6-4(7)2-1-3-5(8)9/h3-6H2,1-2H3;3-4H2,1-2H3;5,7-9H,3H2,1-2H3;1-3H2,(H,6,7)(H,8,9). The molecule has 0 fully saturated rings. The Morgan fingerprint density at radius 1 is 0.550 bits per heavy atom. The second-order valence-corrected chi connectivity index (χ2v) is 7.74. The Balaban J connectivity index is -0.000000218. The molecular weight excluding hydrogens is 540 g/mol. The molecule has 0 aliphatic heterocycles. The Bertz CT molecular complexity index is 722. The number of carbonyl (C=O) groups is 6. The van der Waals surface area contributed by atoms with Gasteiger partial charge in [0.1, 0.15) is 11.9 Å². The second-order valence-electron chi connectivity index (χ2n) is 7.74. The first-order valence-corrected chi connectivity index (χ1v) is 12.0. The monoisotopic (exact) mass is 584 g/mol. The lowest BCUT2D eigenvalue weighted by atomic mass is 10.2. The fourth-order valence-electron chi connectivity index (χ4n) is 1.96. The van der Waals surface area contributed by atoms with Crippen LogP contribution in [0.5, 0.6) is 0 Å². The fraction of sp³-hybridized carbons (Fsp3) is 0.680. The molecule has 0 saturated carbocycles. The minimum absolute atomic E-state index is 0.0632. The van der Waals surface area contributed by atoms with E-state index in [1.165, 1.54) is 28.4 Å². The predicted molar refractivity (Wildman–Crippen MR) is 139 cm³/mol. The lowest BCUT2D eigenvalue weighted by Crippen LogP contribution is -2.15. The Hall–Kier alpha value is -3.72. The van der Waals surface area contributed by atoms with Crippen molar-refractivity contribution < 1.29 is 73.2 Å². The van der Waals surface area contributed by atoms with E-state index in [1.807, 2.05) is 0 Å². The molecule has 0 rings (SSSR count). The van der Waals surface area contributed by atoms with Crippen LogP contribution in [-0.2, 0) is 47.7 Å². The van der Waals surface area contributed by atoms with Crippen molar-refractivity contribution in [2.24, 2.45) is 0 Å².